The Hall–Kier alpha value is -2.60. The van der Waals surface area contributed by atoms with Gasteiger partial charge in [0.15, 0.2) is 5.65 Å². The fourth-order valence-corrected chi connectivity index (χ4v) is 3.34. The van der Waals surface area contributed by atoms with E-state index in [0.717, 1.165) is 66.0 Å². The van der Waals surface area contributed by atoms with Crippen molar-refractivity contribution in [3.05, 3.63) is 41.7 Å². The van der Waals surface area contributed by atoms with Crippen LogP contribution >= 0.6 is 0 Å². The minimum atomic E-state index is 0.744. The van der Waals surface area contributed by atoms with Gasteiger partial charge in [-0.1, -0.05) is 12.1 Å². The lowest BCUT2D eigenvalue weighted by atomic mass is 10.1. The zero-order chi connectivity index (χ0) is 17.4. The number of fused-ring (bicyclic) bond motifs is 1. The van der Waals surface area contributed by atoms with Crippen LogP contribution < -0.4 is 9.64 Å². The van der Waals surface area contributed by atoms with Crippen LogP contribution in [0.5, 0.6) is 5.75 Å². The van der Waals surface area contributed by atoms with E-state index < -0.39 is 0 Å². The first kappa shape index (κ1) is 15.9. The number of methoxy groups -OCH3 is 1. The second kappa shape index (κ2) is 6.37. The van der Waals surface area contributed by atoms with Crippen molar-refractivity contribution in [2.75, 3.05) is 38.3 Å². The molecule has 0 N–H and O–H groups in total. The first-order chi connectivity index (χ1) is 12.2. The van der Waals surface area contributed by atoms with Crippen molar-refractivity contribution >= 4 is 11.5 Å². The van der Waals surface area contributed by atoms with Gasteiger partial charge in [0.25, 0.3) is 0 Å². The molecular formula is C19H22N4O2. The summed E-state index contributed by atoms with van der Waals surface area (Å²) in [6, 6.07) is 10.2. The van der Waals surface area contributed by atoms with E-state index in [-0.39, 0.29) is 0 Å². The largest absolute Gasteiger partial charge is 0.497 e. The smallest absolute Gasteiger partial charge is 0.165 e. The molecule has 25 heavy (non-hydrogen) atoms. The third-order valence-corrected chi connectivity index (χ3v) is 4.59. The van der Waals surface area contributed by atoms with Gasteiger partial charge in [-0.3, -0.25) is 0 Å². The molecule has 1 fully saturated rings. The molecule has 0 saturated carbocycles. The Balaban J connectivity index is 1.87. The molecule has 0 aliphatic carbocycles. The van der Waals surface area contributed by atoms with Crippen LogP contribution in [0.4, 0.5) is 5.82 Å². The molecule has 1 aliphatic heterocycles. The minimum absolute atomic E-state index is 0.744. The Labute approximate surface area is 147 Å². The first-order valence-corrected chi connectivity index (χ1v) is 8.51. The van der Waals surface area contributed by atoms with Crippen molar-refractivity contribution < 1.29 is 9.47 Å². The van der Waals surface area contributed by atoms with E-state index in [9.17, 15) is 0 Å². The topological polar surface area (TPSA) is 51.9 Å². The van der Waals surface area contributed by atoms with Gasteiger partial charge in [-0.2, -0.15) is 9.61 Å². The summed E-state index contributed by atoms with van der Waals surface area (Å²) in [5.41, 5.74) is 5.02. The number of hydrogen-bond acceptors (Lipinski definition) is 5. The van der Waals surface area contributed by atoms with Crippen LogP contribution in [0.1, 0.15) is 11.4 Å². The third kappa shape index (κ3) is 2.82. The Morgan fingerprint density at radius 1 is 1.08 bits per heavy atom. The monoisotopic (exact) mass is 338 g/mol. The molecule has 130 valence electrons. The molecule has 6 nitrogen and oxygen atoms in total. The number of aryl methyl sites for hydroxylation is 2. The Kier molecular flexibility index (Phi) is 4.05. The number of ether oxygens (including phenoxy) is 2. The van der Waals surface area contributed by atoms with Crippen molar-refractivity contribution in [3.63, 3.8) is 0 Å². The second-order valence-corrected chi connectivity index (χ2v) is 6.28. The molecule has 1 aliphatic rings. The number of anilines is 1. The van der Waals surface area contributed by atoms with Gasteiger partial charge in [0.1, 0.15) is 11.6 Å². The second-order valence-electron chi connectivity index (χ2n) is 6.28. The zero-order valence-corrected chi connectivity index (χ0v) is 14.8. The zero-order valence-electron chi connectivity index (χ0n) is 14.8. The molecule has 4 rings (SSSR count). The predicted octanol–water partition coefficient (Wildman–Crippen LogP) is 2.86. The normalized spacial score (nSPS) is 14.9. The molecule has 0 radical (unpaired) electrons. The van der Waals surface area contributed by atoms with E-state index in [1.54, 1.807) is 7.11 Å². The maximum atomic E-state index is 5.48. The predicted molar refractivity (Wildman–Crippen MR) is 97.5 cm³/mol. The van der Waals surface area contributed by atoms with Gasteiger partial charge in [-0.25, -0.2) is 4.98 Å². The van der Waals surface area contributed by atoms with Gasteiger partial charge in [-0.15, -0.1) is 0 Å². The maximum absolute atomic E-state index is 5.48. The quantitative estimate of drug-likeness (QED) is 0.735. The minimum Gasteiger partial charge on any atom is -0.497 e. The lowest BCUT2D eigenvalue weighted by molar-refractivity contribution is 0.122. The summed E-state index contributed by atoms with van der Waals surface area (Å²) in [7, 11) is 1.68. The molecule has 0 unspecified atom stereocenters. The van der Waals surface area contributed by atoms with Gasteiger partial charge in [0.2, 0.25) is 0 Å². The van der Waals surface area contributed by atoms with E-state index in [4.69, 9.17) is 19.6 Å². The molecule has 0 bridgehead atoms. The average Bonchev–Trinajstić information content (AvgIpc) is 2.97. The summed E-state index contributed by atoms with van der Waals surface area (Å²) in [4.78, 5) is 7.10. The SMILES string of the molecule is COc1ccc(-c2c(C)nn3c(N4CCOCC4)cc(C)nc23)cc1. The van der Waals surface area contributed by atoms with E-state index in [2.05, 4.69) is 23.1 Å². The van der Waals surface area contributed by atoms with Gasteiger partial charge in [0.05, 0.1) is 26.0 Å². The molecule has 3 heterocycles. The summed E-state index contributed by atoms with van der Waals surface area (Å²) in [5, 5.41) is 4.79. The highest BCUT2D eigenvalue weighted by Gasteiger charge is 2.20. The lowest BCUT2D eigenvalue weighted by Crippen LogP contribution is -2.37. The van der Waals surface area contributed by atoms with Crippen LogP contribution in [-0.2, 0) is 4.74 Å². The third-order valence-electron chi connectivity index (χ3n) is 4.59. The van der Waals surface area contributed by atoms with Crippen LogP contribution in [-0.4, -0.2) is 48.0 Å². The maximum Gasteiger partial charge on any atom is 0.165 e. The van der Waals surface area contributed by atoms with Gasteiger partial charge in [0, 0.05) is 30.4 Å². The Morgan fingerprint density at radius 3 is 2.48 bits per heavy atom. The Bertz CT molecular complexity index is 896. The van der Waals surface area contributed by atoms with Crippen molar-refractivity contribution in [3.8, 4) is 16.9 Å². The summed E-state index contributed by atoms with van der Waals surface area (Å²) in [6.45, 7) is 7.30. The number of aromatic nitrogens is 3. The number of nitrogens with zero attached hydrogens (tertiary/aromatic N) is 4. The molecular weight excluding hydrogens is 316 g/mol. The number of morpholine rings is 1. The van der Waals surface area contributed by atoms with Crippen LogP contribution in [0, 0.1) is 13.8 Å². The summed E-state index contributed by atoms with van der Waals surface area (Å²) in [6.07, 6.45) is 0. The van der Waals surface area contributed by atoms with Crippen LogP contribution in [0.3, 0.4) is 0 Å². The van der Waals surface area contributed by atoms with Crippen molar-refractivity contribution in [2.24, 2.45) is 0 Å². The molecule has 6 heteroatoms. The highest BCUT2D eigenvalue weighted by Crippen LogP contribution is 2.31. The van der Waals surface area contributed by atoms with Gasteiger partial charge in [-0.05, 0) is 31.5 Å². The van der Waals surface area contributed by atoms with Gasteiger partial charge < -0.3 is 14.4 Å². The van der Waals surface area contributed by atoms with Gasteiger partial charge >= 0.3 is 0 Å². The average molecular weight is 338 g/mol. The lowest BCUT2D eigenvalue weighted by Gasteiger charge is -2.29. The Morgan fingerprint density at radius 2 is 1.80 bits per heavy atom. The van der Waals surface area contributed by atoms with E-state index in [1.165, 1.54) is 0 Å². The van der Waals surface area contributed by atoms with Crippen LogP contribution in [0.2, 0.25) is 0 Å². The summed E-state index contributed by atoms with van der Waals surface area (Å²) >= 11 is 0. The molecule has 2 aromatic heterocycles. The van der Waals surface area contributed by atoms with E-state index in [0.29, 0.717) is 0 Å². The highest BCUT2D eigenvalue weighted by atomic mass is 16.5. The highest BCUT2D eigenvalue weighted by molar-refractivity contribution is 5.81. The standard InChI is InChI=1S/C19H22N4O2/c1-13-12-17(22-8-10-25-11-9-22)23-19(20-13)18(14(2)21-23)15-4-6-16(24-3)7-5-15/h4-7,12H,8-11H2,1-3H3. The molecule has 1 aromatic carbocycles. The first-order valence-electron chi connectivity index (χ1n) is 8.51. The van der Waals surface area contributed by atoms with E-state index in [1.807, 2.05) is 30.5 Å². The molecule has 1 saturated heterocycles. The molecule has 0 spiro atoms. The number of hydrogen-bond donors (Lipinski definition) is 0. The number of rotatable bonds is 3. The number of benzene rings is 1. The van der Waals surface area contributed by atoms with Crippen molar-refractivity contribution in [1.29, 1.82) is 0 Å². The molecule has 0 atom stereocenters. The van der Waals surface area contributed by atoms with E-state index >= 15 is 0 Å². The molecule has 0 amide bonds. The summed E-state index contributed by atoms with van der Waals surface area (Å²) in [5.74, 6) is 1.92. The summed E-state index contributed by atoms with van der Waals surface area (Å²) < 4.78 is 12.7. The van der Waals surface area contributed by atoms with Crippen LogP contribution in [0.25, 0.3) is 16.8 Å². The van der Waals surface area contributed by atoms with Crippen molar-refractivity contribution in [1.82, 2.24) is 14.6 Å². The molecule has 3 aromatic rings. The van der Waals surface area contributed by atoms with Crippen molar-refractivity contribution in [2.45, 2.75) is 13.8 Å². The fourth-order valence-electron chi connectivity index (χ4n) is 3.34. The van der Waals surface area contributed by atoms with Crippen LogP contribution in [0.15, 0.2) is 30.3 Å². The fraction of sp³-hybridized carbons (Fsp3) is 0.368.